The van der Waals surface area contributed by atoms with Gasteiger partial charge in [0.15, 0.2) is 0 Å². The van der Waals surface area contributed by atoms with E-state index in [0.29, 0.717) is 5.92 Å². The van der Waals surface area contributed by atoms with E-state index in [9.17, 15) is 4.79 Å². The number of rotatable bonds is 3. The molecular formula is C13H19BrN4O2. The first-order valence-corrected chi connectivity index (χ1v) is 7.81. The zero-order valence-electron chi connectivity index (χ0n) is 11.3. The number of urea groups is 1. The number of ether oxygens (including phenoxy) is 1. The fraction of sp³-hybridized carbons (Fsp3) is 0.692. The third-order valence-electron chi connectivity index (χ3n) is 3.84. The van der Waals surface area contributed by atoms with Crippen molar-refractivity contribution in [1.29, 1.82) is 0 Å². The molecule has 3 rings (SSSR count). The van der Waals surface area contributed by atoms with Gasteiger partial charge in [0.05, 0.1) is 10.7 Å². The minimum absolute atomic E-state index is 0.0646. The topological polar surface area (TPSA) is 59.4 Å². The van der Waals surface area contributed by atoms with Gasteiger partial charge in [0.1, 0.15) is 0 Å². The molecule has 0 spiro atoms. The molecule has 0 radical (unpaired) electrons. The third kappa shape index (κ3) is 3.32. The van der Waals surface area contributed by atoms with Crippen molar-refractivity contribution in [2.75, 3.05) is 26.3 Å². The Bertz CT molecular complexity index is 467. The summed E-state index contributed by atoms with van der Waals surface area (Å²) in [6.07, 6.45) is 5.59. The van der Waals surface area contributed by atoms with Gasteiger partial charge >= 0.3 is 6.03 Å². The predicted octanol–water partition coefficient (Wildman–Crippen LogP) is 1.47. The van der Waals surface area contributed by atoms with Crippen molar-refractivity contribution >= 4 is 22.0 Å². The molecular weight excluding hydrogens is 324 g/mol. The Labute approximate surface area is 126 Å². The summed E-state index contributed by atoms with van der Waals surface area (Å²) in [4.78, 5) is 13.9. The number of hydrogen-bond acceptors (Lipinski definition) is 3. The molecule has 20 heavy (non-hydrogen) atoms. The van der Waals surface area contributed by atoms with E-state index in [0.717, 1.165) is 50.2 Å². The van der Waals surface area contributed by atoms with Gasteiger partial charge < -0.3 is 15.0 Å². The molecule has 2 aliphatic heterocycles. The maximum atomic E-state index is 12.0. The van der Waals surface area contributed by atoms with Crippen LogP contribution in [0.5, 0.6) is 0 Å². The van der Waals surface area contributed by atoms with Crippen LogP contribution in [0.4, 0.5) is 4.79 Å². The standard InChI is InChI=1S/C13H19BrN4O2/c14-11-5-15-18(9-11)8-10-6-17(7-10)13(19)16-12-1-3-20-4-2-12/h5,9-10,12H,1-4,6-8H2,(H,16,19). The molecule has 0 aliphatic carbocycles. The van der Waals surface area contributed by atoms with Gasteiger partial charge in [-0.3, -0.25) is 4.68 Å². The zero-order chi connectivity index (χ0) is 13.9. The number of aromatic nitrogens is 2. The van der Waals surface area contributed by atoms with E-state index in [1.54, 1.807) is 6.20 Å². The van der Waals surface area contributed by atoms with E-state index in [4.69, 9.17) is 4.74 Å². The van der Waals surface area contributed by atoms with Crippen LogP contribution in [0.3, 0.4) is 0 Å². The van der Waals surface area contributed by atoms with Crippen LogP contribution in [0.25, 0.3) is 0 Å². The van der Waals surface area contributed by atoms with Crippen LogP contribution in [-0.4, -0.2) is 53.1 Å². The van der Waals surface area contributed by atoms with Crippen molar-refractivity contribution in [2.24, 2.45) is 5.92 Å². The van der Waals surface area contributed by atoms with Gasteiger partial charge in [-0.2, -0.15) is 5.10 Å². The average Bonchev–Trinajstić information content (AvgIpc) is 2.80. The Hall–Kier alpha value is -1.08. The average molecular weight is 343 g/mol. The maximum Gasteiger partial charge on any atom is 0.317 e. The van der Waals surface area contributed by atoms with Gasteiger partial charge in [-0.25, -0.2) is 4.79 Å². The number of amides is 2. The molecule has 0 aromatic carbocycles. The lowest BCUT2D eigenvalue weighted by Gasteiger charge is -2.40. The van der Waals surface area contributed by atoms with Crippen LogP contribution < -0.4 is 5.32 Å². The van der Waals surface area contributed by atoms with E-state index in [2.05, 4.69) is 26.3 Å². The van der Waals surface area contributed by atoms with Crippen molar-refractivity contribution in [3.63, 3.8) is 0 Å². The van der Waals surface area contributed by atoms with E-state index in [1.807, 2.05) is 15.8 Å². The summed E-state index contributed by atoms with van der Waals surface area (Å²) in [6, 6.07) is 0.340. The summed E-state index contributed by atoms with van der Waals surface area (Å²) in [5, 5.41) is 7.32. The summed E-state index contributed by atoms with van der Waals surface area (Å²) in [6.45, 7) is 4.00. The lowest BCUT2D eigenvalue weighted by atomic mass is 10.0. The summed E-state index contributed by atoms with van der Waals surface area (Å²) >= 11 is 3.38. The van der Waals surface area contributed by atoms with Crippen molar-refractivity contribution in [1.82, 2.24) is 20.0 Å². The highest BCUT2D eigenvalue weighted by molar-refractivity contribution is 9.10. The highest BCUT2D eigenvalue weighted by Crippen LogP contribution is 2.19. The minimum Gasteiger partial charge on any atom is -0.381 e. The molecule has 110 valence electrons. The van der Waals surface area contributed by atoms with Gasteiger partial charge in [0.25, 0.3) is 0 Å². The lowest BCUT2D eigenvalue weighted by molar-refractivity contribution is 0.0705. The smallest absolute Gasteiger partial charge is 0.317 e. The summed E-state index contributed by atoms with van der Waals surface area (Å²) < 4.78 is 8.20. The molecule has 0 unspecified atom stereocenters. The second-order valence-corrected chi connectivity index (χ2v) is 6.40. The molecule has 2 fully saturated rings. The predicted molar refractivity (Wildman–Crippen MR) is 77.4 cm³/mol. The first kappa shape index (κ1) is 13.9. The SMILES string of the molecule is O=C(NC1CCOCC1)N1CC(Cn2cc(Br)cn2)C1. The number of hydrogen-bond donors (Lipinski definition) is 1. The molecule has 0 bridgehead atoms. The number of nitrogens with zero attached hydrogens (tertiary/aromatic N) is 3. The maximum absolute atomic E-state index is 12.0. The summed E-state index contributed by atoms with van der Waals surface area (Å²) in [7, 11) is 0. The second kappa shape index (κ2) is 6.13. The second-order valence-electron chi connectivity index (χ2n) is 5.49. The minimum atomic E-state index is 0.0646. The van der Waals surface area contributed by atoms with E-state index < -0.39 is 0 Å². The van der Waals surface area contributed by atoms with Crippen molar-refractivity contribution in [3.8, 4) is 0 Å². The first-order chi connectivity index (χ1) is 9.70. The fourth-order valence-corrected chi connectivity index (χ4v) is 2.99. The Kier molecular flexibility index (Phi) is 4.26. The van der Waals surface area contributed by atoms with Crippen LogP contribution in [0.15, 0.2) is 16.9 Å². The van der Waals surface area contributed by atoms with Gasteiger partial charge in [-0.1, -0.05) is 0 Å². The van der Waals surface area contributed by atoms with Gasteiger partial charge in [0.2, 0.25) is 0 Å². The van der Waals surface area contributed by atoms with Crippen molar-refractivity contribution in [3.05, 3.63) is 16.9 Å². The van der Waals surface area contributed by atoms with Gasteiger partial charge in [-0.15, -0.1) is 0 Å². The lowest BCUT2D eigenvalue weighted by Crippen LogP contribution is -2.56. The molecule has 3 heterocycles. The molecule has 2 aliphatic rings. The van der Waals surface area contributed by atoms with E-state index >= 15 is 0 Å². The van der Waals surface area contributed by atoms with Crippen molar-refractivity contribution in [2.45, 2.75) is 25.4 Å². The highest BCUT2D eigenvalue weighted by atomic mass is 79.9. The molecule has 0 saturated carbocycles. The normalized spacial score (nSPS) is 20.8. The van der Waals surface area contributed by atoms with Crippen LogP contribution in [0.2, 0.25) is 0 Å². The van der Waals surface area contributed by atoms with Crippen molar-refractivity contribution < 1.29 is 9.53 Å². The molecule has 1 aromatic rings. The van der Waals surface area contributed by atoms with E-state index in [1.165, 1.54) is 0 Å². The van der Waals surface area contributed by atoms with Crippen LogP contribution in [-0.2, 0) is 11.3 Å². The Morgan fingerprint density at radius 2 is 2.20 bits per heavy atom. The summed E-state index contributed by atoms with van der Waals surface area (Å²) in [5.74, 6) is 0.502. The van der Waals surface area contributed by atoms with Gasteiger partial charge in [-0.05, 0) is 28.8 Å². The van der Waals surface area contributed by atoms with Crippen LogP contribution >= 0.6 is 15.9 Å². The highest BCUT2D eigenvalue weighted by Gasteiger charge is 2.32. The monoisotopic (exact) mass is 342 g/mol. The Balaban J connectivity index is 1.39. The number of halogens is 1. The molecule has 2 saturated heterocycles. The van der Waals surface area contributed by atoms with Gasteiger partial charge in [0, 0.05) is 51.0 Å². The number of carbonyl (C=O) groups is 1. The molecule has 1 N–H and O–H groups in total. The molecule has 2 amide bonds. The molecule has 1 aromatic heterocycles. The number of carbonyl (C=O) groups excluding carboxylic acids is 1. The Morgan fingerprint density at radius 1 is 1.45 bits per heavy atom. The number of nitrogens with one attached hydrogen (secondary N) is 1. The van der Waals surface area contributed by atoms with E-state index in [-0.39, 0.29) is 12.1 Å². The zero-order valence-corrected chi connectivity index (χ0v) is 12.9. The largest absolute Gasteiger partial charge is 0.381 e. The van der Waals surface area contributed by atoms with Crippen LogP contribution in [0, 0.1) is 5.92 Å². The molecule has 0 atom stereocenters. The number of likely N-dealkylation sites (tertiary alicyclic amines) is 1. The third-order valence-corrected chi connectivity index (χ3v) is 4.25. The molecule has 6 nitrogen and oxygen atoms in total. The van der Waals surface area contributed by atoms with Crippen LogP contribution in [0.1, 0.15) is 12.8 Å². The molecule has 7 heteroatoms. The first-order valence-electron chi connectivity index (χ1n) is 7.02. The Morgan fingerprint density at radius 3 is 2.85 bits per heavy atom. The fourth-order valence-electron chi connectivity index (χ4n) is 2.66. The quantitative estimate of drug-likeness (QED) is 0.904. The summed E-state index contributed by atoms with van der Waals surface area (Å²) in [5.41, 5.74) is 0.